The van der Waals surface area contributed by atoms with Gasteiger partial charge in [0.15, 0.2) is 0 Å². The first-order valence-electron chi connectivity index (χ1n) is 5.01. The molecule has 2 unspecified atom stereocenters. The number of carbonyl (C=O) groups excluding carboxylic acids is 1. The fourth-order valence-corrected chi connectivity index (χ4v) is 1.42. The van der Waals surface area contributed by atoms with E-state index in [0.29, 0.717) is 19.6 Å². The Morgan fingerprint density at radius 1 is 1.64 bits per heavy atom. The molecular formula is C9H18N2O3. The van der Waals surface area contributed by atoms with E-state index in [1.165, 1.54) is 0 Å². The molecule has 82 valence electrons. The quantitative estimate of drug-likeness (QED) is 0.555. The minimum atomic E-state index is -0.180. The fraction of sp³-hybridized carbons (Fsp3) is 0.889. The van der Waals surface area contributed by atoms with Crippen LogP contribution in [-0.2, 0) is 4.74 Å². The molecule has 5 heteroatoms. The molecule has 0 bridgehead atoms. The first-order valence-corrected chi connectivity index (χ1v) is 5.01. The van der Waals surface area contributed by atoms with Crippen molar-refractivity contribution in [2.45, 2.75) is 31.9 Å². The van der Waals surface area contributed by atoms with Crippen LogP contribution in [0.4, 0.5) is 4.79 Å². The number of hydrogen-bond acceptors (Lipinski definition) is 3. The second-order valence-electron chi connectivity index (χ2n) is 3.45. The van der Waals surface area contributed by atoms with E-state index in [0.717, 1.165) is 6.42 Å². The maximum atomic E-state index is 11.3. The minimum Gasteiger partial charge on any atom is -0.396 e. The number of ether oxygens (including phenoxy) is 1. The van der Waals surface area contributed by atoms with Crippen LogP contribution in [0.25, 0.3) is 0 Å². The van der Waals surface area contributed by atoms with Crippen LogP contribution in [0.5, 0.6) is 0 Å². The van der Waals surface area contributed by atoms with E-state index in [-0.39, 0.29) is 24.8 Å². The number of urea groups is 1. The normalized spacial score (nSPS) is 26.1. The summed E-state index contributed by atoms with van der Waals surface area (Å²) in [4.78, 5) is 11.3. The first kappa shape index (κ1) is 11.3. The Labute approximate surface area is 83.8 Å². The van der Waals surface area contributed by atoms with Crippen molar-refractivity contribution in [2.24, 2.45) is 0 Å². The van der Waals surface area contributed by atoms with Crippen LogP contribution in [0, 0.1) is 0 Å². The van der Waals surface area contributed by atoms with Gasteiger partial charge in [0.05, 0.1) is 12.1 Å². The Balaban J connectivity index is 2.13. The van der Waals surface area contributed by atoms with Gasteiger partial charge in [-0.25, -0.2) is 4.79 Å². The number of rotatable bonds is 4. The second kappa shape index (κ2) is 5.82. The lowest BCUT2D eigenvalue weighted by Gasteiger charge is -2.16. The molecule has 3 N–H and O–H groups in total. The summed E-state index contributed by atoms with van der Waals surface area (Å²) in [6.45, 7) is 3.27. The van der Waals surface area contributed by atoms with E-state index in [1.807, 2.05) is 6.92 Å². The van der Waals surface area contributed by atoms with Crippen LogP contribution < -0.4 is 10.6 Å². The van der Waals surface area contributed by atoms with Crippen molar-refractivity contribution < 1.29 is 14.6 Å². The third kappa shape index (κ3) is 3.51. The summed E-state index contributed by atoms with van der Waals surface area (Å²) in [6, 6.07) is -0.0649. The molecule has 0 spiro atoms. The van der Waals surface area contributed by atoms with Crippen molar-refractivity contribution in [3.63, 3.8) is 0 Å². The molecule has 14 heavy (non-hydrogen) atoms. The van der Waals surface area contributed by atoms with E-state index < -0.39 is 0 Å². The average Bonchev–Trinajstić information content (AvgIpc) is 2.52. The Hall–Kier alpha value is -0.810. The molecule has 1 fully saturated rings. The molecule has 1 rings (SSSR count). The summed E-state index contributed by atoms with van der Waals surface area (Å²) >= 11 is 0. The van der Waals surface area contributed by atoms with Crippen molar-refractivity contribution in [3.8, 4) is 0 Å². The molecule has 2 amide bonds. The molecule has 0 aromatic rings. The highest BCUT2D eigenvalue weighted by atomic mass is 16.5. The standard InChI is InChI=1S/C9H18N2O3/c1-7-8(3-6-14-7)11-9(13)10-4-2-5-12/h7-8,12H,2-6H2,1H3,(H2,10,11,13). The molecule has 2 atom stereocenters. The SMILES string of the molecule is CC1OCCC1NC(=O)NCCCO. The van der Waals surface area contributed by atoms with Crippen molar-refractivity contribution in [2.75, 3.05) is 19.8 Å². The molecule has 0 radical (unpaired) electrons. The highest BCUT2D eigenvalue weighted by Crippen LogP contribution is 2.11. The smallest absolute Gasteiger partial charge is 0.315 e. The number of nitrogens with one attached hydrogen (secondary N) is 2. The van der Waals surface area contributed by atoms with Crippen molar-refractivity contribution in [1.29, 1.82) is 0 Å². The van der Waals surface area contributed by atoms with E-state index in [2.05, 4.69) is 10.6 Å². The van der Waals surface area contributed by atoms with Crippen molar-refractivity contribution in [1.82, 2.24) is 10.6 Å². The summed E-state index contributed by atoms with van der Waals surface area (Å²) in [5.41, 5.74) is 0. The van der Waals surface area contributed by atoms with E-state index in [4.69, 9.17) is 9.84 Å². The summed E-state index contributed by atoms with van der Waals surface area (Å²) < 4.78 is 5.31. The maximum Gasteiger partial charge on any atom is 0.315 e. The molecule has 0 aliphatic carbocycles. The zero-order chi connectivity index (χ0) is 10.4. The Kier molecular flexibility index (Phi) is 4.69. The maximum absolute atomic E-state index is 11.3. The van der Waals surface area contributed by atoms with E-state index in [9.17, 15) is 4.79 Å². The van der Waals surface area contributed by atoms with Crippen LogP contribution in [0.2, 0.25) is 0 Å². The summed E-state index contributed by atoms with van der Waals surface area (Å²) in [6.07, 6.45) is 1.55. The van der Waals surface area contributed by atoms with Crippen LogP contribution in [0.15, 0.2) is 0 Å². The predicted molar refractivity (Wildman–Crippen MR) is 52.1 cm³/mol. The number of amides is 2. The van der Waals surface area contributed by atoms with Gasteiger partial charge in [-0.2, -0.15) is 0 Å². The summed E-state index contributed by atoms with van der Waals surface area (Å²) in [5.74, 6) is 0. The zero-order valence-electron chi connectivity index (χ0n) is 8.45. The Bertz CT molecular complexity index is 187. The minimum absolute atomic E-state index is 0.0959. The molecule has 0 aromatic heterocycles. The molecular weight excluding hydrogens is 184 g/mol. The molecule has 0 aromatic carbocycles. The van der Waals surface area contributed by atoms with Gasteiger partial charge in [0.2, 0.25) is 0 Å². The van der Waals surface area contributed by atoms with Gasteiger partial charge in [-0.3, -0.25) is 0 Å². The highest BCUT2D eigenvalue weighted by molar-refractivity contribution is 5.74. The van der Waals surface area contributed by atoms with Gasteiger partial charge in [-0.05, 0) is 19.8 Å². The lowest BCUT2D eigenvalue weighted by molar-refractivity contribution is 0.114. The van der Waals surface area contributed by atoms with Gasteiger partial charge in [0.1, 0.15) is 0 Å². The first-order chi connectivity index (χ1) is 6.74. The molecule has 1 heterocycles. The van der Waals surface area contributed by atoms with Crippen LogP contribution in [-0.4, -0.2) is 43.0 Å². The van der Waals surface area contributed by atoms with Gasteiger partial charge >= 0.3 is 6.03 Å². The Morgan fingerprint density at radius 2 is 2.43 bits per heavy atom. The van der Waals surface area contributed by atoms with E-state index in [1.54, 1.807) is 0 Å². The van der Waals surface area contributed by atoms with Crippen LogP contribution >= 0.6 is 0 Å². The topological polar surface area (TPSA) is 70.6 Å². The van der Waals surface area contributed by atoms with E-state index >= 15 is 0 Å². The van der Waals surface area contributed by atoms with Gasteiger partial charge in [0.25, 0.3) is 0 Å². The number of aliphatic hydroxyl groups excluding tert-OH is 1. The Morgan fingerprint density at radius 3 is 3.00 bits per heavy atom. The number of aliphatic hydroxyl groups is 1. The molecule has 1 saturated heterocycles. The molecule has 1 aliphatic rings. The monoisotopic (exact) mass is 202 g/mol. The number of hydrogen-bond donors (Lipinski definition) is 3. The molecule has 0 saturated carbocycles. The van der Waals surface area contributed by atoms with Crippen molar-refractivity contribution in [3.05, 3.63) is 0 Å². The average molecular weight is 202 g/mol. The highest BCUT2D eigenvalue weighted by Gasteiger charge is 2.25. The third-order valence-corrected chi connectivity index (χ3v) is 2.31. The fourth-order valence-electron chi connectivity index (χ4n) is 1.42. The summed E-state index contributed by atoms with van der Waals surface area (Å²) in [7, 11) is 0. The van der Waals surface area contributed by atoms with Crippen molar-refractivity contribution >= 4 is 6.03 Å². The summed E-state index contributed by atoms with van der Waals surface area (Å²) in [5, 5.41) is 14.0. The largest absolute Gasteiger partial charge is 0.396 e. The molecule has 1 aliphatic heterocycles. The van der Waals surface area contributed by atoms with Gasteiger partial charge in [-0.15, -0.1) is 0 Å². The van der Waals surface area contributed by atoms with Gasteiger partial charge in [-0.1, -0.05) is 0 Å². The lowest BCUT2D eigenvalue weighted by Crippen LogP contribution is -2.45. The van der Waals surface area contributed by atoms with Gasteiger partial charge in [0, 0.05) is 19.8 Å². The predicted octanol–water partition coefficient (Wildman–Crippen LogP) is -0.155. The second-order valence-corrected chi connectivity index (χ2v) is 3.45. The lowest BCUT2D eigenvalue weighted by atomic mass is 10.2. The third-order valence-electron chi connectivity index (χ3n) is 2.31. The van der Waals surface area contributed by atoms with Crippen LogP contribution in [0.3, 0.4) is 0 Å². The zero-order valence-corrected chi connectivity index (χ0v) is 8.45. The van der Waals surface area contributed by atoms with Gasteiger partial charge < -0.3 is 20.5 Å². The molecule has 5 nitrogen and oxygen atoms in total. The number of carbonyl (C=O) groups is 1. The van der Waals surface area contributed by atoms with Crippen LogP contribution in [0.1, 0.15) is 19.8 Å².